The first kappa shape index (κ1) is 19.1. The minimum atomic E-state index is 0.563. The van der Waals surface area contributed by atoms with E-state index in [2.05, 4.69) is 56.7 Å². The predicted octanol–water partition coefficient (Wildman–Crippen LogP) is 5.19. The Balaban J connectivity index is 1.52. The third-order valence-electron chi connectivity index (χ3n) is 5.07. The van der Waals surface area contributed by atoms with Crippen molar-refractivity contribution in [2.45, 2.75) is 26.7 Å². The fourth-order valence-electron chi connectivity index (χ4n) is 3.61. The molecule has 6 heteroatoms. The summed E-state index contributed by atoms with van der Waals surface area (Å²) in [5.74, 6) is 2.06. The average molecular weight is 390 g/mol. The molecule has 1 aliphatic rings. The van der Waals surface area contributed by atoms with E-state index in [0.29, 0.717) is 5.95 Å². The molecular formula is C23H27N5O. The van der Waals surface area contributed by atoms with Gasteiger partial charge in [0.25, 0.3) is 0 Å². The molecule has 0 unspecified atom stereocenters. The Hall–Kier alpha value is -3.28. The lowest BCUT2D eigenvalue weighted by Gasteiger charge is -2.18. The first-order chi connectivity index (χ1) is 14.1. The third-order valence-corrected chi connectivity index (χ3v) is 5.07. The number of hydrogen-bond acceptors (Lipinski definition) is 6. The maximum atomic E-state index is 5.46. The van der Waals surface area contributed by atoms with Gasteiger partial charge in [0.2, 0.25) is 5.95 Å². The molecule has 1 fully saturated rings. The van der Waals surface area contributed by atoms with E-state index in [0.717, 1.165) is 47.3 Å². The van der Waals surface area contributed by atoms with Crippen LogP contribution in [-0.4, -0.2) is 30.2 Å². The Morgan fingerprint density at radius 3 is 2.38 bits per heavy atom. The minimum Gasteiger partial charge on any atom is -0.495 e. The topological polar surface area (TPSA) is 62.3 Å². The molecule has 0 atom stereocenters. The van der Waals surface area contributed by atoms with Gasteiger partial charge in [-0.1, -0.05) is 6.07 Å². The van der Waals surface area contributed by atoms with Gasteiger partial charge >= 0.3 is 0 Å². The number of aromatic nitrogens is 2. The quantitative estimate of drug-likeness (QED) is 0.605. The van der Waals surface area contributed by atoms with Gasteiger partial charge in [-0.3, -0.25) is 0 Å². The van der Waals surface area contributed by atoms with E-state index in [1.807, 2.05) is 31.2 Å². The maximum Gasteiger partial charge on any atom is 0.229 e. The first-order valence-electron chi connectivity index (χ1n) is 10.00. The molecule has 2 aromatic carbocycles. The summed E-state index contributed by atoms with van der Waals surface area (Å²) in [6.45, 7) is 6.30. The molecule has 1 aliphatic heterocycles. The highest BCUT2D eigenvalue weighted by molar-refractivity contribution is 5.67. The second kappa shape index (κ2) is 8.39. The molecule has 150 valence electrons. The summed E-state index contributed by atoms with van der Waals surface area (Å²) >= 11 is 0. The Morgan fingerprint density at radius 2 is 1.66 bits per heavy atom. The standard InChI is InChI=1S/C23H27N5O/c1-16-6-11-21(29-3)20(14-16)26-22-15-17(2)24-23(27-22)25-18-7-9-19(10-8-18)28-12-4-5-13-28/h6-11,14-15H,4-5,12-13H2,1-3H3,(H2,24,25,26,27). The predicted molar refractivity (Wildman–Crippen MR) is 119 cm³/mol. The zero-order valence-electron chi connectivity index (χ0n) is 17.2. The van der Waals surface area contributed by atoms with Gasteiger partial charge in [0.1, 0.15) is 11.6 Å². The lowest BCUT2D eigenvalue weighted by Crippen LogP contribution is -2.17. The van der Waals surface area contributed by atoms with E-state index in [4.69, 9.17) is 4.74 Å². The SMILES string of the molecule is COc1ccc(C)cc1Nc1cc(C)nc(Nc2ccc(N3CCCC3)cc2)n1. The average Bonchev–Trinajstić information content (AvgIpc) is 3.23. The van der Waals surface area contributed by atoms with Gasteiger partial charge < -0.3 is 20.3 Å². The molecule has 4 rings (SSSR count). The number of anilines is 5. The lowest BCUT2D eigenvalue weighted by atomic mass is 10.2. The van der Waals surface area contributed by atoms with Gasteiger partial charge in [-0.15, -0.1) is 0 Å². The van der Waals surface area contributed by atoms with Crippen molar-refractivity contribution in [3.05, 3.63) is 59.8 Å². The van der Waals surface area contributed by atoms with Gasteiger partial charge in [0.15, 0.2) is 0 Å². The van der Waals surface area contributed by atoms with Gasteiger partial charge in [0, 0.05) is 36.2 Å². The van der Waals surface area contributed by atoms with Crippen LogP contribution in [0, 0.1) is 13.8 Å². The van der Waals surface area contributed by atoms with Crippen LogP contribution in [0.2, 0.25) is 0 Å². The largest absolute Gasteiger partial charge is 0.495 e. The molecule has 3 aromatic rings. The summed E-state index contributed by atoms with van der Waals surface area (Å²) in [6.07, 6.45) is 2.55. The smallest absolute Gasteiger partial charge is 0.229 e. The van der Waals surface area contributed by atoms with Crippen LogP contribution in [0.5, 0.6) is 5.75 Å². The molecule has 6 nitrogen and oxygen atoms in total. The molecule has 2 heterocycles. The number of nitrogens with one attached hydrogen (secondary N) is 2. The second-order valence-electron chi connectivity index (χ2n) is 7.41. The molecule has 0 bridgehead atoms. The number of ether oxygens (including phenoxy) is 1. The van der Waals surface area contributed by atoms with Crippen LogP contribution in [0.1, 0.15) is 24.1 Å². The highest BCUT2D eigenvalue weighted by Gasteiger charge is 2.12. The van der Waals surface area contributed by atoms with E-state index in [-0.39, 0.29) is 0 Å². The molecule has 0 saturated carbocycles. The molecule has 0 radical (unpaired) electrons. The van der Waals surface area contributed by atoms with Crippen LogP contribution in [-0.2, 0) is 0 Å². The highest BCUT2D eigenvalue weighted by Crippen LogP contribution is 2.29. The van der Waals surface area contributed by atoms with Gasteiger partial charge in [0.05, 0.1) is 12.8 Å². The molecule has 29 heavy (non-hydrogen) atoms. The van der Waals surface area contributed by atoms with E-state index in [1.54, 1.807) is 7.11 Å². The van der Waals surface area contributed by atoms with Crippen molar-refractivity contribution in [2.24, 2.45) is 0 Å². The molecule has 0 aliphatic carbocycles. The van der Waals surface area contributed by atoms with E-state index in [9.17, 15) is 0 Å². The van der Waals surface area contributed by atoms with Crippen molar-refractivity contribution >= 4 is 28.8 Å². The first-order valence-corrected chi connectivity index (χ1v) is 10.00. The summed E-state index contributed by atoms with van der Waals surface area (Å²) < 4.78 is 5.46. The van der Waals surface area contributed by atoms with Gasteiger partial charge in [-0.25, -0.2) is 4.98 Å². The monoisotopic (exact) mass is 389 g/mol. The zero-order valence-corrected chi connectivity index (χ0v) is 17.2. The van der Waals surface area contributed by atoms with Gasteiger partial charge in [-0.2, -0.15) is 4.98 Å². The van der Waals surface area contributed by atoms with Gasteiger partial charge in [-0.05, 0) is 68.7 Å². The summed E-state index contributed by atoms with van der Waals surface area (Å²) in [6, 6.07) is 16.4. The summed E-state index contributed by atoms with van der Waals surface area (Å²) in [5.41, 5.74) is 5.15. The molecule has 2 N–H and O–H groups in total. The van der Waals surface area contributed by atoms with E-state index < -0.39 is 0 Å². The maximum absolute atomic E-state index is 5.46. The van der Waals surface area contributed by atoms with Crippen molar-refractivity contribution in [3.63, 3.8) is 0 Å². The van der Waals surface area contributed by atoms with Crippen LogP contribution < -0.4 is 20.3 Å². The highest BCUT2D eigenvalue weighted by atomic mass is 16.5. The summed E-state index contributed by atoms with van der Waals surface area (Å²) in [5, 5.41) is 6.67. The van der Waals surface area contributed by atoms with Crippen molar-refractivity contribution in [1.29, 1.82) is 0 Å². The number of aryl methyl sites for hydroxylation is 2. The molecule has 1 saturated heterocycles. The van der Waals surface area contributed by atoms with Crippen molar-refractivity contribution < 1.29 is 4.74 Å². The number of hydrogen-bond donors (Lipinski definition) is 2. The van der Waals surface area contributed by atoms with Crippen LogP contribution >= 0.6 is 0 Å². The summed E-state index contributed by atoms with van der Waals surface area (Å²) in [7, 11) is 1.67. The molecular weight excluding hydrogens is 362 g/mol. The van der Waals surface area contributed by atoms with Crippen molar-refractivity contribution in [2.75, 3.05) is 35.7 Å². The molecule has 0 spiro atoms. The van der Waals surface area contributed by atoms with Crippen molar-refractivity contribution in [3.8, 4) is 5.75 Å². The normalized spacial score (nSPS) is 13.4. The lowest BCUT2D eigenvalue weighted by molar-refractivity contribution is 0.416. The number of rotatable bonds is 6. The fourth-order valence-corrected chi connectivity index (χ4v) is 3.61. The number of nitrogens with zero attached hydrogens (tertiary/aromatic N) is 3. The Kier molecular flexibility index (Phi) is 5.51. The fraction of sp³-hybridized carbons (Fsp3) is 0.304. The molecule has 1 aromatic heterocycles. The second-order valence-corrected chi connectivity index (χ2v) is 7.41. The van der Waals surface area contributed by atoms with E-state index >= 15 is 0 Å². The van der Waals surface area contributed by atoms with Crippen LogP contribution in [0.4, 0.5) is 28.8 Å². The number of benzene rings is 2. The minimum absolute atomic E-state index is 0.563. The Bertz CT molecular complexity index is 981. The Morgan fingerprint density at radius 1 is 0.897 bits per heavy atom. The van der Waals surface area contributed by atoms with Crippen LogP contribution in [0.3, 0.4) is 0 Å². The van der Waals surface area contributed by atoms with Crippen LogP contribution in [0.15, 0.2) is 48.5 Å². The van der Waals surface area contributed by atoms with Crippen molar-refractivity contribution in [1.82, 2.24) is 9.97 Å². The van der Waals surface area contributed by atoms with Crippen LogP contribution in [0.25, 0.3) is 0 Å². The summed E-state index contributed by atoms with van der Waals surface area (Å²) in [4.78, 5) is 11.6. The third kappa shape index (κ3) is 4.59. The number of methoxy groups -OCH3 is 1. The zero-order chi connectivity index (χ0) is 20.2. The van der Waals surface area contributed by atoms with E-state index in [1.165, 1.54) is 18.5 Å². The molecule has 0 amide bonds. The Labute approximate surface area is 172 Å².